The lowest BCUT2D eigenvalue weighted by Crippen LogP contribution is -2.13. The molecular weight excluding hydrogens is 265 g/mol. The number of benzene rings is 1. The highest BCUT2D eigenvalue weighted by molar-refractivity contribution is 9.10. The normalized spacial score (nSPS) is 12.5. The number of hydrogen-bond acceptors (Lipinski definition) is 2. The molecule has 0 spiro atoms. The van der Waals surface area contributed by atoms with Gasteiger partial charge in [-0.2, -0.15) is 0 Å². The number of aliphatic carboxylic acids is 1. The third-order valence-corrected chi connectivity index (χ3v) is 2.75. The molecule has 15 heavy (non-hydrogen) atoms. The molecule has 0 bridgehead atoms. The van der Waals surface area contributed by atoms with Gasteiger partial charge in [-0.1, -0.05) is 15.9 Å². The zero-order valence-corrected chi connectivity index (χ0v) is 9.50. The van der Waals surface area contributed by atoms with Gasteiger partial charge < -0.3 is 10.8 Å². The maximum absolute atomic E-state index is 12.9. The van der Waals surface area contributed by atoms with Crippen LogP contribution >= 0.6 is 15.9 Å². The van der Waals surface area contributed by atoms with Crippen molar-refractivity contribution in [2.75, 3.05) is 0 Å². The van der Waals surface area contributed by atoms with E-state index in [-0.39, 0.29) is 18.7 Å². The summed E-state index contributed by atoms with van der Waals surface area (Å²) >= 11 is 3.24. The average molecular weight is 276 g/mol. The summed E-state index contributed by atoms with van der Waals surface area (Å²) in [4.78, 5) is 10.3. The standard InChI is InChI=1S/C10H11BrFNO2/c11-8-2-1-6(12)5-7(8)9(13)3-4-10(14)15/h1-2,5,9H,3-4,13H2,(H,14,15). The molecule has 0 aliphatic carbocycles. The molecule has 0 aromatic heterocycles. The van der Waals surface area contributed by atoms with Gasteiger partial charge in [0.15, 0.2) is 0 Å². The van der Waals surface area contributed by atoms with E-state index in [9.17, 15) is 9.18 Å². The van der Waals surface area contributed by atoms with E-state index in [4.69, 9.17) is 10.8 Å². The molecule has 82 valence electrons. The van der Waals surface area contributed by atoms with E-state index in [1.165, 1.54) is 12.1 Å². The number of hydrogen-bond donors (Lipinski definition) is 2. The van der Waals surface area contributed by atoms with Crippen LogP contribution in [0.5, 0.6) is 0 Å². The first-order valence-electron chi connectivity index (χ1n) is 4.43. The van der Waals surface area contributed by atoms with Crippen molar-refractivity contribution < 1.29 is 14.3 Å². The summed E-state index contributed by atoms with van der Waals surface area (Å²) in [5.74, 6) is -1.28. The van der Waals surface area contributed by atoms with Crippen molar-refractivity contribution in [2.24, 2.45) is 5.73 Å². The minimum absolute atomic E-state index is 0.0237. The highest BCUT2D eigenvalue weighted by Gasteiger charge is 2.12. The van der Waals surface area contributed by atoms with E-state index in [0.29, 0.717) is 10.0 Å². The summed E-state index contributed by atoms with van der Waals surface area (Å²) < 4.78 is 13.6. The SMILES string of the molecule is NC(CCC(=O)O)c1cc(F)ccc1Br. The Balaban J connectivity index is 2.76. The van der Waals surface area contributed by atoms with Crippen LogP contribution in [-0.4, -0.2) is 11.1 Å². The van der Waals surface area contributed by atoms with Crippen LogP contribution in [-0.2, 0) is 4.79 Å². The Labute approximate surface area is 95.2 Å². The lowest BCUT2D eigenvalue weighted by molar-refractivity contribution is -0.137. The Kier molecular flexibility index (Phi) is 4.23. The van der Waals surface area contributed by atoms with Gasteiger partial charge in [-0.05, 0) is 30.2 Å². The zero-order chi connectivity index (χ0) is 11.4. The van der Waals surface area contributed by atoms with E-state index in [1.807, 2.05) is 0 Å². The quantitative estimate of drug-likeness (QED) is 0.887. The van der Waals surface area contributed by atoms with E-state index in [1.54, 1.807) is 6.07 Å². The van der Waals surface area contributed by atoms with Gasteiger partial charge in [-0.3, -0.25) is 4.79 Å². The van der Waals surface area contributed by atoms with Crippen LogP contribution < -0.4 is 5.73 Å². The van der Waals surface area contributed by atoms with E-state index in [0.717, 1.165) is 0 Å². The molecule has 0 aliphatic rings. The van der Waals surface area contributed by atoms with E-state index >= 15 is 0 Å². The Morgan fingerprint density at radius 2 is 2.27 bits per heavy atom. The maximum atomic E-state index is 12.9. The van der Waals surface area contributed by atoms with Gasteiger partial charge >= 0.3 is 5.97 Å². The lowest BCUT2D eigenvalue weighted by atomic mass is 10.0. The summed E-state index contributed by atoms with van der Waals surface area (Å²) in [6, 6.07) is 3.73. The van der Waals surface area contributed by atoms with Crippen LogP contribution in [0, 0.1) is 5.82 Å². The largest absolute Gasteiger partial charge is 0.481 e. The van der Waals surface area contributed by atoms with Crippen molar-refractivity contribution in [1.82, 2.24) is 0 Å². The molecule has 3 N–H and O–H groups in total. The smallest absolute Gasteiger partial charge is 0.303 e. The third kappa shape index (κ3) is 3.60. The van der Waals surface area contributed by atoms with Gasteiger partial charge in [0.1, 0.15) is 5.82 Å². The summed E-state index contributed by atoms with van der Waals surface area (Å²) in [5.41, 5.74) is 6.35. The first-order valence-corrected chi connectivity index (χ1v) is 5.22. The zero-order valence-electron chi connectivity index (χ0n) is 7.91. The molecule has 1 aromatic carbocycles. The van der Waals surface area contributed by atoms with Gasteiger partial charge in [0, 0.05) is 16.9 Å². The lowest BCUT2D eigenvalue weighted by Gasteiger charge is -2.12. The number of carboxylic acids is 1. The Morgan fingerprint density at radius 1 is 1.60 bits per heavy atom. The predicted octanol–water partition coefficient (Wildman–Crippen LogP) is 2.45. The first-order chi connectivity index (χ1) is 7.00. The maximum Gasteiger partial charge on any atom is 0.303 e. The molecule has 0 aliphatic heterocycles. The molecule has 0 saturated heterocycles. The topological polar surface area (TPSA) is 63.3 Å². The summed E-state index contributed by atoms with van der Waals surface area (Å²) in [6.07, 6.45) is 0.265. The van der Waals surface area contributed by atoms with Crippen LogP contribution in [0.15, 0.2) is 22.7 Å². The van der Waals surface area contributed by atoms with Crippen molar-refractivity contribution in [3.63, 3.8) is 0 Å². The van der Waals surface area contributed by atoms with Gasteiger partial charge in [0.2, 0.25) is 0 Å². The molecule has 1 rings (SSSR count). The second-order valence-corrected chi connectivity index (χ2v) is 4.06. The van der Waals surface area contributed by atoms with E-state index in [2.05, 4.69) is 15.9 Å². The summed E-state index contributed by atoms with van der Waals surface area (Å²) in [7, 11) is 0. The van der Waals surface area contributed by atoms with Crippen molar-refractivity contribution in [1.29, 1.82) is 0 Å². The number of rotatable bonds is 4. The van der Waals surface area contributed by atoms with Crippen LogP contribution in [0.25, 0.3) is 0 Å². The molecular formula is C10H11BrFNO2. The second kappa shape index (κ2) is 5.23. The van der Waals surface area contributed by atoms with E-state index < -0.39 is 12.0 Å². The summed E-state index contributed by atoms with van der Waals surface area (Å²) in [6.45, 7) is 0. The second-order valence-electron chi connectivity index (χ2n) is 3.20. The molecule has 1 aromatic rings. The molecule has 0 radical (unpaired) electrons. The number of halogens is 2. The van der Waals surface area contributed by atoms with Gasteiger partial charge in [0.05, 0.1) is 0 Å². The van der Waals surface area contributed by atoms with Crippen LogP contribution in [0.4, 0.5) is 4.39 Å². The van der Waals surface area contributed by atoms with Crippen molar-refractivity contribution in [2.45, 2.75) is 18.9 Å². The Hall–Kier alpha value is -0.940. The Bertz CT molecular complexity index is 370. The molecule has 0 heterocycles. The fourth-order valence-electron chi connectivity index (χ4n) is 1.23. The molecule has 3 nitrogen and oxygen atoms in total. The molecule has 0 amide bonds. The number of carbonyl (C=O) groups is 1. The summed E-state index contributed by atoms with van der Waals surface area (Å²) in [5, 5.41) is 8.49. The van der Waals surface area contributed by atoms with Crippen molar-refractivity contribution in [3.8, 4) is 0 Å². The van der Waals surface area contributed by atoms with Crippen molar-refractivity contribution in [3.05, 3.63) is 34.1 Å². The van der Waals surface area contributed by atoms with Crippen LogP contribution in [0.3, 0.4) is 0 Å². The molecule has 1 unspecified atom stereocenters. The highest BCUT2D eigenvalue weighted by atomic mass is 79.9. The predicted molar refractivity (Wildman–Crippen MR) is 57.9 cm³/mol. The molecule has 5 heteroatoms. The van der Waals surface area contributed by atoms with Gasteiger partial charge in [0.25, 0.3) is 0 Å². The minimum atomic E-state index is -0.905. The Morgan fingerprint density at radius 3 is 2.87 bits per heavy atom. The van der Waals surface area contributed by atoms with Gasteiger partial charge in [-0.15, -0.1) is 0 Å². The van der Waals surface area contributed by atoms with Crippen LogP contribution in [0.2, 0.25) is 0 Å². The first kappa shape index (κ1) is 12.1. The fraction of sp³-hybridized carbons (Fsp3) is 0.300. The molecule has 0 saturated carbocycles. The van der Waals surface area contributed by atoms with Gasteiger partial charge in [-0.25, -0.2) is 4.39 Å². The third-order valence-electron chi connectivity index (χ3n) is 2.03. The number of nitrogens with two attached hydrogens (primary N) is 1. The average Bonchev–Trinajstić information content (AvgIpc) is 2.18. The van der Waals surface area contributed by atoms with Crippen LogP contribution in [0.1, 0.15) is 24.4 Å². The number of carboxylic acid groups (broad SMARTS) is 1. The minimum Gasteiger partial charge on any atom is -0.481 e. The van der Waals surface area contributed by atoms with Crippen molar-refractivity contribution >= 4 is 21.9 Å². The fourth-order valence-corrected chi connectivity index (χ4v) is 1.77. The monoisotopic (exact) mass is 275 g/mol. The molecule has 0 fully saturated rings. The highest BCUT2D eigenvalue weighted by Crippen LogP contribution is 2.25. The molecule has 1 atom stereocenters.